The predicted molar refractivity (Wildman–Crippen MR) is 101 cm³/mol. The number of anilines is 1. The zero-order valence-electron chi connectivity index (χ0n) is 15.2. The number of benzene rings is 2. The highest BCUT2D eigenvalue weighted by molar-refractivity contribution is 6.17. The molecule has 0 aliphatic carbocycles. The number of morpholine rings is 1. The van der Waals surface area contributed by atoms with Gasteiger partial charge in [-0.2, -0.15) is 0 Å². The molecular formula is C21H19N3O4. The van der Waals surface area contributed by atoms with Gasteiger partial charge in [-0.25, -0.2) is 0 Å². The van der Waals surface area contributed by atoms with Crippen LogP contribution < -0.4 is 4.90 Å². The van der Waals surface area contributed by atoms with Gasteiger partial charge in [0.15, 0.2) is 0 Å². The molecule has 0 N–H and O–H groups in total. The molecule has 3 amide bonds. The van der Waals surface area contributed by atoms with E-state index in [9.17, 15) is 14.4 Å². The lowest BCUT2D eigenvalue weighted by Crippen LogP contribution is -2.53. The summed E-state index contributed by atoms with van der Waals surface area (Å²) in [6.07, 6.45) is -0.601. The Labute approximate surface area is 162 Å². The number of rotatable bonds is 2. The Morgan fingerprint density at radius 2 is 1.61 bits per heavy atom. The molecule has 1 atom stereocenters. The van der Waals surface area contributed by atoms with Crippen molar-refractivity contribution in [2.24, 2.45) is 0 Å². The molecule has 5 rings (SSSR count). The van der Waals surface area contributed by atoms with Gasteiger partial charge in [0.05, 0.1) is 24.5 Å². The maximum absolute atomic E-state index is 13.3. The van der Waals surface area contributed by atoms with E-state index < -0.39 is 6.17 Å². The molecule has 1 saturated heterocycles. The van der Waals surface area contributed by atoms with Crippen LogP contribution in [0.5, 0.6) is 0 Å². The molecule has 28 heavy (non-hydrogen) atoms. The Kier molecular flexibility index (Phi) is 3.91. The Morgan fingerprint density at radius 1 is 0.929 bits per heavy atom. The third-order valence-corrected chi connectivity index (χ3v) is 5.55. The van der Waals surface area contributed by atoms with Crippen molar-refractivity contribution in [2.45, 2.75) is 6.17 Å². The average molecular weight is 377 g/mol. The number of para-hydroxylation sites is 1. The number of carbonyl (C=O) groups is 3. The van der Waals surface area contributed by atoms with E-state index in [1.165, 1.54) is 4.90 Å². The van der Waals surface area contributed by atoms with Gasteiger partial charge in [-0.05, 0) is 18.2 Å². The van der Waals surface area contributed by atoms with Gasteiger partial charge in [0.1, 0.15) is 12.7 Å². The summed E-state index contributed by atoms with van der Waals surface area (Å²) >= 11 is 0. The molecule has 0 bridgehead atoms. The summed E-state index contributed by atoms with van der Waals surface area (Å²) < 4.78 is 5.31. The molecular weight excluding hydrogens is 358 g/mol. The second-order valence-electron chi connectivity index (χ2n) is 7.08. The molecule has 142 valence electrons. The van der Waals surface area contributed by atoms with Gasteiger partial charge in [-0.1, -0.05) is 30.3 Å². The fourth-order valence-corrected chi connectivity index (χ4v) is 4.19. The lowest BCUT2D eigenvalue weighted by Gasteiger charge is -2.41. The number of hydrogen-bond acceptors (Lipinski definition) is 4. The van der Waals surface area contributed by atoms with Crippen molar-refractivity contribution < 1.29 is 19.1 Å². The zero-order valence-corrected chi connectivity index (χ0v) is 15.2. The van der Waals surface area contributed by atoms with E-state index in [0.29, 0.717) is 43.1 Å². The monoisotopic (exact) mass is 377 g/mol. The lowest BCUT2D eigenvalue weighted by atomic mass is 10.0. The summed E-state index contributed by atoms with van der Waals surface area (Å²) in [7, 11) is 0. The molecule has 7 nitrogen and oxygen atoms in total. The number of amides is 3. The molecule has 1 unspecified atom stereocenters. The minimum absolute atomic E-state index is 0.0735. The van der Waals surface area contributed by atoms with Gasteiger partial charge in [-0.3, -0.25) is 19.3 Å². The van der Waals surface area contributed by atoms with E-state index in [1.807, 2.05) is 24.3 Å². The number of hydrogen-bond donors (Lipinski definition) is 0. The molecule has 2 aromatic carbocycles. The Morgan fingerprint density at radius 3 is 2.39 bits per heavy atom. The first kappa shape index (κ1) is 16.9. The highest BCUT2D eigenvalue weighted by Crippen LogP contribution is 2.44. The molecule has 0 saturated carbocycles. The van der Waals surface area contributed by atoms with Crippen LogP contribution in [0.15, 0.2) is 48.5 Å². The van der Waals surface area contributed by atoms with Crippen molar-refractivity contribution in [3.8, 4) is 0 Å². The van der Waals surface area contributed by atoms with Crippen LogP contribution in [0.1, 0.15) is 32.4 Å². The number of fused-ring (bicyclic) bond motifs is 5. The molecule has 3 aliphatic heterocycles. The summed E-state index contributed by atoms with van der Waals surface area (Å²) in [5, 5.41) is 0. The second-order valence-corrected chi connectivity index (χ2v) is 7.08. The summed E-state index contributed by atoms with van der Waals surface area (Å²) in [4.78, 5) is 44.1. The Hall–Kier alpha value is -3.19. The smallest absolute Gasteiger partial charge is 0.260 e. The van der Waals surface area contributed by atoms with E-state index in [4.69, 9.17) is 4.74 Å². The minimum atomic E-state index is -0.601. The largest absolute Gasteiger partial charge is 0.378 e. The van der Waals surface area contributed by atoms with E-state index in [-0.39, 0.29) is 24.3 Å². The second kappa shape index (κ2) is 6.45. The summed E-state index contributed by atoms with van der Waals surface area (Å²) in [5.41, 5.74) is 2.36. The highest BCUT2D eigenvalue weighted by Gasteiger charge is 2.48. The van der Waals surface area contributed by atoms with Gasteiger partial charge >= 0.3 is 0 Å². The van der Waals surface area contributed by atoms with Crippen LogP contribution in [0.25, 0.3) is 0 Å². The lowest BCUT2D eigenvalue weighted by molar-refractivity contribution is -0.136. The van der Waals surface area contributed by atoms with Crippen LogP contribution in [0.2, 0.25) is 0 Å². The first-order valence-electron chi connectivity index (χ1n) is 9.35. The van der Waals surface area contributed by atoms with Crippen LogP contribution >= 0.6 is 0 Å². The third kappa shape index (κ3) is 2.43. The number of carbonyl (C=O) groups excluding carboxylic acids is 3. The summed E-state index contributed by atoms with van der Waals surface area (Å²) in [6.45, 7) is 1.96. The summed E-state index contributed by atoms with van der Waals surface area (Å²) in [6, 6.07) is 14.4. The fraction of sp³-hybridized carbons (Fsp3) is 0.286. The number of nitrogens with zero attached hydrogens (tertiary/aromatic N) is 3. The fourth-order valence-electron chi connectivity index (χ4n) is 4.19. The van der Waals surface area contributed by atoms with Crippen molar-refractivity contribution in [1.82, 2.24) is 9.80 Å². The molecule has 1 fully saturated rings. The first-order valence-corrected chi connectivity index (χ1v) is 9.35. The highest BCUT2D eigenvalue weighted by atomic mass is 16.5. The Bertz CT molecular complexity index is 983. The van der Waals surface area contributed by atoms with Gasteiger partial charge in [-0.15, -0.1) is 0 Å². The van der Waals surface area contributed by atoms with Crippen LogP contribution in [0.3, 0.4) is 0 Å². The SMILES string of the molecule is O=C(CN1C(=O)c2ccccc2N2C(=O)c3ccccc3C12)N1CCOCC1. The van der Waals surface area contributed by atoms with E-state index in [2.05, 4.69) is 0 Å². The maximum atomic E-state index is 13.3. The zero-order chi connectivity index (χ0) is 19.3. The first-order chi connectivity index (χ1) is 13.7. The van der Waals surface area contributed by atoms with E-state index >= 15 is 0 Å². The van der Waals surface area contributed by atoms with E-state index in [0.717, 1.165) is 5.56 Å². The van der Waals surface area contributed by atoms with Gasteiger partial charge in [0, 0.05) is 24.2 Å². The van der Waals surface area contributed by atoms with Crippen LogP contribution in [0.4, 0.5) is 5.69 Å². The molecule has 3 aliphatic rings. The average Bonchev–Trinajstić information content (AvgIpc) is 3.04. The quantitative estimate of drug-likeness (QED) is 0.798. The van der Waals surface area contributed by atoms with E-state index in [1.54, 1.807) is 34.1 Å². The summed E-state index contributed by atoms with van der Waals surface area (Å²) in [5.74, 6) is -0.514. The standard InChI is InChI=1S/C21H19N3O4/c25-18(22-9-11-28-12-10-22)13-23-19-14-5-1-2-6-15(14)21(27)24(19)17-8-4-3-7-16(17)20(23)26/h1-8,19H,9-13H2. The third-order valence-electron chi connectivity index (χ3n) is 5.55. The normalized spacial score (nSPS) is 20.7. The van der Waals surface area contributed by atoms with Crippen LogP contribution in [0, 0.1) is 0 Å². The van der Waals surface area contributed by atoms with Crippen molar-refractivity contribution in [3.05, 3.63) is 65.2 Å². The molecule has 0 spiro atoms. The van der Waals surface area contributed by atoms with Crippen molar-refractivity contribution in [3.63, 3.8) is 0 Å². The van der Waals surface area contributed by atoms with Crippen molar-refractivity contribution in [1.29, 1.82) is 0 Å². The molecule has 0 radical (unpaired) electrons. The van der Waals surface area contributed by atoms with Crippen molar-refractivity contribution in [2.75, 3.05) is 37.7 Å². The van der Waals surface area contributed by atoms with Crippen LogP contribution in [-0.4, -0.2) is 60.4 Å². The van der Waals surface area contributed by atoms with Crippen LogP contribution in [-0.2, 0) is 9.53 Å². The Balaban J connectivity index is 1.57. The minimum Gasteiger partial charge on any atom is -0.378 e. The van der Waals surface area contributed by atoms with Gasteiger partial charge in [0.2, 0.25) is 5.91 Å². The maximum Gasteiger partial charge on any atom is 0.260 e. The molecule has 7 heteroatoms. The number of ether oxygens (including phenoxy) is 1. The topological polar surface area (TPSA) is 70.2 Å². The predicted octanol–water partition coefficient (Wildman–Crippen LogP) is 1.66. The van der Waals surface area contributed by atoms with Crippen molar-refractivity contribution >= 4 is 23.4 Å². The molecule has 0 aromatic heterocycles. The molecule has 2 aromatic rings. The van der Waals surface area contributed by atoms with Gasteiger partial charge < -0.3 is 14.5 Å². The molecule has 3 heterocycles. The van der Waals surface area contributed by atoms with Gasteiger partial charge in [0.25, 0.3) is 11.8 Å².